The highest BCUT2D eigenvalue weighted by atomic mass is 127. The SMILES string of the molecule is Cc1cc(Cl)c2ccccc2[n+]1C.[I-]. The van der Waals surface area contributed by atoms with Gasteiger partial charge >= 0.3 is 0 Å². The first-order chi connectivity index (χ1) is 6.20. The standard InChI is InChI=1S/C11H11ClN.HI/c1-8-7-10(12)9-5-3-4-6-11(9)13(8)2;/h3-7H,1-2H3;1H/q+1;/p-1. The van der Waals surface area contributed by atoms with Crippen molar-refractivity contribution < 1.29 is 28.5 Å². The Balaban J connectivity index is 0.000000980. The number of aromatic nitrogens is 1. The molecule has 0 saturated heterocycles. The molecule has 2 rings (SSSR count). The van der Waals surface area contributed by atoms with E-state index in [9.17, 15) is 0 Å². The van der Waals surface area contributed by atoms with Crippen molar-refractivity contribution in [2.24, 2.45) is 7.05 Å². The van der Waals surface area contributed by atoms with Crippen molar-refractivity contribution in [2.75, 3.05) is 0 Å². The summed E-state index contributed by atoms with van der Waals surface area (Å²) in [7, 11) is 2.05. The number of hydrogen-bond acceptors (Lipinski definition) is 0. The third kappa shape index (κ3) is 1.86. The van der Waals surface area contributed by atoms with E-state index in [-0.39, 0.29) is 24.0 Å². The van der Waals surface area contributed by atoms with Gasteiger partial charge in [0.2, 0.25) is 5.52 Å². The van der Waals surface area contributed by atoms with Gasteiger partial charge in [0.1, 0.15) is 7.05 Å². The molecule has 0 spiro atoms. The molecule has 0 unspecified atom stereocenters. The Morgan fingerprint density at radius 3 is 2.57 bits per heavy atom. The number of para-hydroxylation sites is 1. The van der Waals surface area contributed by atoms with Gasteiger partial charge in [-0.2, -0.15) is 4.57 Å². The van der Waals surface area contributed by atoms with Gasteiger partial charge in [-0.1, -0.05) is 23.7 Å². The third-order valence-corrected chi connectivity index (χ3v) is 2.70. The molecule has 0 N–H and O–H groups in total. The molecule has 0 aliphatic rings. The molecule has 74 valence electrons. The number of halogens is 2. The molecule has 2 aromatic rings. The number of fused-ring (bicyclic) bond motifs is 1. The molecule has 1 heterocycles. The number of rotatable bonds is 0. The van der Waals surface area contributed by atoms with Crippen LogP contribution >= 0.6 is 11.6 Å². The van der Waals surface area contributed by atoms with Crippen LogP contribution in [0.25, 0.3) is 10.9 Å². The summed E-state index contributed by atoms with van der Waals surface area (Å²) in [5.74, 6) is 0. The Morgan fingerprint density at radius 2 is 1.86 bits per heavy atom. The lowest BCUT2D eigenvalue weighted by atomic mass is 10.2. The first-order valence-electron chi connectivity index (χ1n) is 4.24. The Morgan fingerprint density at radius 1 is 1.21 bits per heavy atom. The van der Waals surface area contributed by atoms with Gasteiger partial charge in [-0.25, -0.2) is 0 Å². The van der Waals surface area contributed by atoms with Crippen molar-refractivity contribution >= 4 is 22.5 Å². The minimum atomic E-state index is 0. The number of benzene rings is 1. The van der Waals surface area contributed by atoms with Crippen molar-refractivity contribution in [3.63, 3.8) is 0 Å². The van der Waals surface area contributed by atoms with E-state index in [1.54, 1.807) is 0 Å². The zero-order valence-electron chi connectivity index (χ0n) is 8.09. The molecular formula is C11H11ClIN. The number of hydrogen-bond donors (Lipinski definition) is 0. The molecule has 0 fully saturated rings. The Bertz CT molecular complexity index is 468. The van der Waals surface area contributed by atoms with Crippen molar-refractivity contribution in [1.29, 1.82) is 0 Å². The van der Waals surface area contributed by atoms with E-state index in [1.165, 1.54) is 11.2 Å². The van der Waals surface area contributed by atoms with E-state index < -0.39 is 0 Å². The van der Waals surface area contributed by atoms with Crippen LogP contribution in [0.15, 0.2) is 30.3 Å². The summed E-state index contributed by atoms with van der Waals surface area (Å²) in [6.07, 6.45) is 0. The maximum Gasteiger partial charge on any atom is 0.213 e. The average Bonchev–Trinajstić information content (AvgIpc) is 2.15. The van der Waals surface area contributed by atoms with Crippen LogP contribution in [-0.2, 0) is 7.05 Å². The van der Waals surface area contributed by atoms with E-state index >= 15 is 0 Å². The summed E-state index contributed by atoms with van der Waals surface area (Å²) < 4.78 is 2.14. The monoisotopic (exact) mass is 319 g/mol. The predicted molar refractivity (Wildman–Crippen MR) is 54.9 cm³/mol. The molecule has 14 heavy (non-hydrogen) atoms. The summed E-state index contributed by atoms with van der Waals surface area (Å²) in [6.45, 7) is 2.05. The fraction of sp³-hybridized carbons (Fsp3) is 0.182. The van der Waals surface area contributed by atoms with E-state index in [2.05, 4.69) is 17.6 Å². The zero-order valence-corrected chi connectivity index (χ0v) is 11.0. The summed E-state index contributed by atoms with van der Waals surface area (Å²) in [4.78, 5) is 0. The lowest BCUT2D eigenvalue weighted by Crippen LogP contribution is -3.00. The van der Waals surface area contributed by atoms with Gasteiger partial charge in [-0.15, -0.1) is 0 Å². The first-order valence-corrected chi connectivity index (χ1v) is 4.62. The van der Waals surface area contributed by atoms with Crippen molar-refractivity contribution in [3.8, 4) is 0 Å². The largest absolute Gasteiger partial charge is 1.00 e. The second kappa shape index (κ2) is 4.45. The molecule has 0 amide bonds. The van der Waals surface area contributed by atoms with Gasteiger partial charge < -0.3 is 24.0 Å². The lowest BCUT2D eigenvalue weighted by molar-refractivity contribution is -0.651. The highest BCUT2D eigenvalue weighted by Crippen LogP contribution is 2.20. The van der Waals surface area contributed by atoms with Gasteiger partial charge in [0.05, 0.1) is 10.4 Å². The molecule has 0 aliphatic carbocycles. The average molecular weight is 320 g/mol. The van der Waals surface area contributed by atoms with Crippen molar-refractivity contribution in [1.82, 2.24) is 0 Å². The first kappa shape index (κ1) is 11.7. The van der Waals surface area contributed by atoms with Crippen molar-refractivity contribution in [3.05, 3.63) is 41.0 Å². The molecule has 0 bridgehead atoms. The maximum atomic E-state index is 6.12. The van der Waals surface area contributed by atoms with Crippen LogP contribution in [0.4, 0.5) is 0 Å². The van der Waals surface area contributed by atoms with Crippen LogP contribution in [0.3, 0.4) is 0 Å². The topological polar surface area (TPSA) is 3.88 Å². The summed E-state index contributed by atoms with van der Waals surface area (Å²) >= 11 is 6.12. The third-order valence-electron chi connectivity index (χ3n) is 2.39. The quantitative estimate of drug-likeness (QED) is 0.461. The molecule has 0 saturated carbocycles. The van der Waals surface area contributed by atoms with Gasteiger partial charge in [0, 0.05) is 19.1 Å². The van der Waals surface area contributed by atoms with E-state index in [4.69, 9.17) is 11.6 Å². The zero-order chi connectivity index (χ0) is 9.42. The molecule has 1 nitrogen and oxygen atoms in total. The summed E-state index contributed by atoms with van der Waals surface area (Å²) in [5.41, 5.74) is 2.34. The second-order valence-corrected chi connectivity index (χ2v) is 3.62. The highest BCUT2D eigenvalue weighted by molar-refractivity contribution is 6.35. The fourth-order valence-corrected chi connectivity index (χ4v) is 1.83. The fourth-order valence-electron chi connectivity index (χ4n) is 1.52. The Kier molecular flexibility index (Phi) is 3.72. The molecular weight excluding hydrogens is 308 g/mol. The van der Waals surface area contributed by atoms with Crippen LogP contribution in [-0.4, -0.2) is 0 Å². The molecule has 3 heteroatoms. The number of nitrogens with zero attached hydrogens (tertiary/aromatic N) is 1. The Labute approximate surface area is 106 Å². The maximum absolute atomic E-state index is 6.12. The van der Waals surface area contributed by atoms with Gasteiger partial charge in [-0.3, -0.25) is 0 Å². The summed E-state index contributed by atoms with van der Waals surface area (Å²) in [5, 5.41) is 1.93. The molecule has 0 radical (unpaired) electrons. The smallest absolute Gasteiger partial charge is 0.213 e. The van der Waals surface area contributed by atoms with Gasteiger partial charge in [-0.05, 0) is 6.07 Å². The lowest BCUT2D eigenvalue weighted by Gasteiger charge is -2.00. The van der Waals surface area contributed by atoms with Crippen LogP contribution < -0.4 is 28.5 Å². The van der Waals surface area contributed by atoms with E-state index in [0.717, 1.165) is 10.4 Å². The minimum absolute atomic E-state index is 0. The Hall–Kier alpha value is -0.350. The highest BCUT2D eigenvalue weighted by Gasteiger charge is 2.10. The minimum Gasteiger partial charge on any atom is -1.00 e. The van der Waals surface area contributed by atoms with Crippen LogP contribution in [0.1, 0.15) is 5.69 Å². The van der Waals surface area contributed by atoms with Crippen LogP contribution in [0, 0.1) is 6.92 Å². The molecule has 1 aromatic heterocycles. The normalized spacial score (nSPS) is 9.93. The number of aryl methyl sites for hydroxylation is 2. The van der Waals surface area contributed by atoms with Gasteiger partial charge in [0.25, 0.3) is 0 Å². The van der Waals surface area contributed by atoms with Crippen LogP contribution in [0.2, 0.25) is 5.02 Å². The molecule has 1 aromatic carbocycles. The summed E-state index contributed by atoms with van der Waals surface area (Å²) in [6, 6.07) is 10.1. The van der Waals surface area contributed by atoms with Crippen LogP contribution in [0.5, 0.6) is 0 Å². The molecule has 0 atom stereocenters. The number of pyridine rings is 1. The predicted octanol–water partition coefficient (Wildman–Crippen LogP) is -0.370. The second-order valence-electron chi connectivity index (χ2n) is 3.21. The van der Waals surface area contributed by atoms with E-state index in [1.807, 2.05) is 31.3 Å². The van der Waals surface area contributed by atoms with E-state index in [0.29, 0.717) is 0 Å². The molecule has 0 aliphatic heterocycles. The van der Waals surface area contributed by atoms with Crippen molar-refractivity contribution in [2.45, 2.75) is 6.92 Å². The van der Waals surface area contributed by atoms with Gasteiger partial charge in [0.15, 0.2) is 5.69 Å².